The van der Waals surface area contributed by atoms with Crippen molar-refractivity contribution in [3.05, 3.63) is 89.3 Å². The number of nitrogens with one attached hydrogen (secondary N) is 1. The Morgan fingerprint density at radius 1 is 1.03 bits per heavy atom. The molecule has 0 bridgehead atoms. The third kappa shape index (κ3) is 5.87. The molecule has 36 heavy (non-hydrogen) atoms. The number of rotatable bonds is 8. The van der Waals surface area contributed by atoms with Crippen molar-refractivity contribution < 1.29 is 14.1 Å². The van der Waals surface area contributed by atoms with E-state index in [1.165, 1.54) is 0 Å². The van der Waals surface area contributed by atoms with Gasteiger partial charge < -0.3 is 19.5 Å². The molecular weight excluding hydrogens is 452 g/mol. The number of hydrogen-bond donors (Lipinski definition) is 1. The number of hydrogen-bond acceptors (Lipinski definition) is 6. The third-order valence-corrected chi connectivity index (χ3v) is 5.74. The molecule has 7 nitrogen and oxygen atoms in total. The molecule has 0 atom stereocenters. The first kappa shape index (κ1) is 24.9. The molecule has 1 N–H and O–H groups in total. The molecule has 1 amide bonds. The SMILES string of the molecule is COc1ccc(NC(=O)c2ccc(-c3ccc(-c4noc(C)n4)cc3C)cc2C=CCN(C)C)cc1. The average molecular weight is 483 g/mol. The van der Waals surface area contributed by atoms with Gasteiger partial charge >= 0.3 is 0 Å². The molecule has 4 aromatic rings. The molecule has 0 aliphatic heterocycles. The van der Waals surface area contributed by atoms with Crippen molar-refractivity contribution >= 4 is 17.7 Å². The first-order valence-corrected chi connectivity index (χ1v) is 11.7. The number of benzene rings is 3. The lowest BCUT2D eigenvalue weighted by molar-refractivity contribution is 0.102. The summed E-state index contributed by atoms with van der Waals surface area (Å²) >= 11 is 0. The monoisotopic (exact) mass is 482 g/mol. The van der Waals surface area contributed by atoms with Crippen molar-refractivity contribution in [2.24, 2.45) is 0 Å². The summed E-state index contributed by atoms with van der Waals surface area (Å²) in [6, 6.07) is 19.3. The number of aromatic nitrogens is 2. The number of methoxy groups -OCH3 is 1. The van der Waals surface area contributed by atoms with E-state index in [1.807, 2.05) is 68.7 Å². The van der Waals surface area contributed by atoms with Crippen molar-refractivity contribution in [3.63, 3.8) is 0 Å². The average Bonchev–Trinajstić information content (AvgIpc) is 3.30. The summed E-state index contributed by atoms with van der Waals surface area (Å²) in [6.45, 7) is 4.59. The zero-order valence-corrected chi connectivity index (χ0v) is 21.2. The van der Waals surface area contributed by atoms with Gasteiger partial charge in [0.15, 0.2) is 0 Å². The van der Waals surface area contributed by atoms with Crippen molar-refractivity contribution in [2.75, 3.05) is 33.1 Å². The van der Waals surface area contributed by atoms with E-state index in [2.05, 4.69) is 45.5 Å². The highest BCUT2D eigenvalue weighted by molar-refractivity contribution is 6.07. The summed E-state index contributed by atoms with van der Waals surface area (Å²) in [5.74, 6) is 1.67. The van der Waals surface area contributed by atoms with E-state index in [-0.39, 0.29) is 5.91 Å². The topological polar surface area (TPSA) is 80.5 Å². The maximum atomic E-state index is 13.2. The summed E-state index contributed by atoms with van der Waals surface area (Å²) in [5.41, 5.74) is 6.22. The fourth-order valence-electron chi connectivity index (χ4n) is 3.88. The zero-order chi connectivity index (χ0) is 25.7. The number of anilines is 1. The van der Waals surface area contributed by atoms with Gasteiger partial charge in [-0.15, -0.1) is 0 Å². The Hall–Kier alpha value is -4.23. The van der Waals surface area contributed by atoms with Gasteiger partial charge in [0, 0.05) is 30.3 Å². The van der Waals surface area contributed by atoms with Gasteiger partial charge in [-0.2, -0.15) is 4.98 Å². The van der Waals surface area contributed by atoms with E-state index in [0.717, 1.165) is 40.1 Å². The van der Waals surface area contributed by atoms with Crippen LogP contribution in [0.2, 0.25) is 0 Å². The van der Waals surface area contributed by atoms with Gasteiger partial charge in [0.25, 0.3) is 5.91 Å². The lowest BCUT2D eigenvalue weighted by Crippen LogP contribution is -2.14. The molecule has 4 rings (SSSR count). The third-order valence-electron chi connectivity index (χ3n) is 5.74. The lowest BCUT2D eigenvalue weighted by atomic mass is 9.94. The van der Waals surface area contributed by atoms with Gasteiger partial charge in [-0.1, -0.05) is 35.5 Å². The second kappa shape index (κ2) is 11.0. The quantitative estimate of drug-likeness (QED) is 0.339. The standard InChI is InChI=1S/C29H30N4O3/c1-19-17-23(28-30-20(2)36-32-28)9-14-26(19)22-8-15-27(21(18-22)7-6-16-33(3)4)29(34)31-24-10-12-25(35-5)13-11-24/h6-15,17-18H,16H2,1-5H3,(H,31,34). The number of aryl methyl sites for hydroxylation is 2. The minimum Gasteiger partial charge on any atom is -0.497 e. The van der Waals surface area contributed by atoms with Gasteiger partial charge in [0.2, 0.25) is 11.7 Å². The van der Waals surface area contributed by atoms with Crippen molar-refractivity contribution in [2.45, 2.75) is 13.8 Å². The molecule has 0 saturated carbocycles. The predicted molar refractivity (Wildman–Crippen MR) is 143 cm³/mol. The van der Waals surface area contributed by atoms with Gasteiger partial charge in [0.05, 0.1) is 7.11 Å². The van der Waals surface area contributed by atoms with Gasteiger partial charge in [0.1, 0.15) is 5.75 Å². The Kier molecular flexibility index (Phi) is 7.61. The van der Waals surface area contributed by atoms with Crippen LogP contribution < -0.4 is 10.1 Å². The van der Waals surface area contributed by atoms with Crippen molar-refractivity contribution in [1.29, 1.82) is 0 Å². The fraction of sp³-hybridized carbons (Fsp3) is 0.207. The van der Waals surface area contributed by atoms with Crippen LogP contribution in [0, 0.1) is 13.8 Å². The largest absolute Gasteiger partial charge is 0.497 e. The normalized spacial score (nSPS) is 11.3. The van der Waals surface area contributed by atoms with Crippen LogP contribution in [0.1, 0.15) is 27.4 Å². The molecule has 1 heterocycles. The van der Waals surface area contributed by atoms with E-state index in [4.69, 9.17) is 9.26 Å². The molecule has 7 heteroatoms. The molecule has 0 unspecified atom stereocenters. The Morgan fingerprint density at radius 2 is 1.78 bits per heavy atom. The molecule has 0 radical (unpaired) electrons. The molecule has 3 aromatic carbocycles. The van der Waals surface area contributed by atoms with Crippen LogP contribution in [-0.2, 0) is 0 Å². The van der Waals surface area contributed by atoms with Crippen LogP contribution in [0.3, 0.4) is 0 Å². The first-order chi connectivity index (χ1) is 17.3. The molecule has 0 saturated heterocycles. The molecule has 0 fully saturated rings. The summed E-state index contributed by atoms with van der Waals surface area (Å²) in [7, 11) is 5.63. The smallest absolute Gasteiger partial charge is 0.256 e. The minimum absolute atomic E-state index is 0.171. The van der Waals surface area contributed by atoms with E-state index in [0.29, 0.717) is 23.0 Å². The predicted octanol–water partition coefficient (Wildman–Crippen LogP) is 5.86. The number of nitrogens with zero attached hydrogens (tertiary/aromatic N) is 3. The first-order valence-electron chi connectivity index (χ1n) is 11.7. The Bertz CT molecular complexity index is 1390. The van der Waals surface area contributed by atoms with Crippen LogP contribution in [0.15, 0.2) is 71.3 Å². The van der Waals surface area contributed by atoms with Crippen LogP contribution in [0.4, 0.5) is 5.69 Å². The Balaban J connectivity index is 1.66. The molecule has 0 aliphatic rings. The van der Waals surface area contributed by atoms with Crippen LogP contribution >= 0.6 is 0 Å². The summed E-state index contributed by atoms with van der Waals surface area (Å²) in [4.78, 5) is 19.6. The summed E-state index contributed by atoms with van der Waals surface area (Å²) in [5, 5.41) is 7.00. The molecule has 1 aromatic heterocycles. The van der Waals surface area contributed by atoms with E-state index < -0.39 is 0 Å². The van der Waals surface area contributed by atoms with E-state index in [9.17, 15) is 4.79 Å². The number of amides is 1. The number of likely N-dealkylation sites (N-methyl/N-ethyl adjacent to an activating group) is 1. The summed E-state index contributed by atoms with van der Waals surface area (Å²) < 4.78 is 10.3. The Morgan fingerprint density at radius 3 is 2.42 bits per heavy atom. The minimum atomic E-state index is -0.171. The van der Waals surface area contributed by atoms with Crippen LogP contribution in [0.5, 0.6) is 5.75 Å². The molecule has 0 spiro atoms. The molecular formula is C29H30N4O3. The van der Waals surface area contributed by atoms with Gasteiger partial charge in [-0.05, 0) is 85.7 Å². The maximum absolute atomic E-state index is 13.2. The van der Waals surface area contributed by atoms with Crippen molar-refractivity contribution in [1.82, 2.24) is 15.0 Å². The van der Waals surface area contributed by atoms with E-state index in [1.54, 1.807) is 14.0 Å². The van der Waals surface area contributed by atoms with Gasteiger partial charge in [-0.25, -0.2) is 0 Å². The number of ether oxygens (including phenoxy) is 1. The highest BCUT2D eigenvalue weighted by atomic mass is 16.5. The molecule has 184 valence electrons. The second-order valence-corrected chi connectivity index (χ2v) is 8.82. The summed E-state index contributed by atoms with van der Waals surface area (Å²) in [6.07, 6.45) is 4.05. The lowest BCUT2D eigenvalue weighted by Gasteiger charge is -2.13. The maximum Gasteiger partial charge on any atom is 0.256 e. The highest BCUT2D eigenvalue weighted by Gasteiger charge is 2.14. The number of carbonyl (C=O) groups is 1. The molecule has 0 aliphatic carbocycles. The number of carbonyl (C=O) groups excluding carboxylic acids is 1. The van der Waals surface area contributed by atoms with Gasteiger partial charge in [-0.3, -0.25) is 4.79 Å². The fourth-order valence-corrected chi connectivity index (χ4v) is 3.88. The Labute approximate surface area is 211 Å². The second-order valence-electron chi connectivity index (χ2n) is 8.82. The van der Waals surface area contributed by atoms with E-state index >= 15 is 0 Å². The van der Waals surface area contributed by atoms with Crippen LogP contribution in [0.25, 0.3) is 28.6 Å². The van der Waals surface area contributed by atoms with Crippen molar-refractivity contribution in [3.8, 4) is 28.3 Å². The van der Waals surface area contributed by atoms with Crippen LogP contribution in [-0.4, -0.2) is 48.7 Å². The highest BCUT2D eigenvalue weighted by Crippen LogP contribution is 2.30. The zero-order valence-electron chi connectivity index (χ0n) is 21.2.